The molecule has 1 saturated heterocycles. The maximum absolute atomic E-state index is 12.0. The van der Waals surface area contributed by atoms with Crippen molar-refractivity contribution in [2.45, 2.75) is 64.5 Å². The average molecular weight is 239 g/mol. The molecule has 0 spiro atoms. The van der Waals surface area contributed by atoms with Crippen LogP contribution in [0.4, 0.5) is 0 Å². The zero-order chi connectivity index (χ0) is 12.6. The highest BCUT2D eigenvalue weighted by molar-refractivity contribution is 5.98. The van der Waals surface area contributed by atoms with Gasteiger partial charge < -0.3 is 5.11 Å². The fraction of sp³-hybridized carbons (Fsp3) is 0.846. The van der Waals surface area contributed by atoms with Crippen LogP contribution in [0.25, 0.3) is 0 Å². The zero-order valence-corrected chi connectivity index (χ0v) is 10.6. The van der Waals surface area contributed by atoms with E-state index >= 15 is 0 Å². The number of hydrogen-bond acceptors (Lipinski definition) is 3. The molecule has 1 aliphatic carbocycles. The van der Waals surface area contributed by atoms with Crippen molar-refractivity contribution in [3.63, 3.8) is 0 Å². The summed E-state index contributed by atoms with van der Waals surface area (Å²) in [6.07, 6.45) is 3.56. The first-order chi connectivity index (χ1) is 7.89. The van der Waals surface area contributed by atoms with Crippen LogP contribution in [0.5, 0.6) is 0 Å². The summed E-state index contributed by atoms with van der Waals surface area (Å²) in [6, 6.07) is 0.0227. The van der Waals surface area contributed by atoms with E-state index in [1.54, 1.807) is 0 Å². The summed E-state index contributed by atoms with van der Waals surface area (Å²) in [7, 11) is 0. The van der Waals surface area contributed by atoms with Gasteiger partial charge in [0.2, 0.25) is 11.8 Å². The molecule has 0 aromatic rings. The molecule has 17 heavy (non-hydrogen) atoms. The number of piperidine rings is 1. The topological polar surface area (TPSA) is 57.6 Å². The molecule has 2 aliphatic rings. The Hall–Kier alpha value is -0.900. The number of imide groups is 1. The van der Waals surface area contributed by atoms with Gasteiger partial charge >= 0.3 is 0 Å². The van der Waals surface area contributed by atoms with Crippen LogP contribution in [0.1, 0.15) is 52.4 Å². The van der Waals surface area contributed by atoms with Crippen LogP contribution in [0.2, 0.25) is 0 Å². The van der Waals surface area contributed by atoms with E-state index in [0.29, 0.717) is 25.7 Å². The molecule has 4 nitrogen and oxygen atoms in total. The van der Waals surface area contributed by atoms with Crippen LogP contribution in [-0.4, -0.2) is 34.0 Å². The second-order valence-electron chi connectivity index (χ2n) is 6.14. The van der Waals surface area contributed by atoms with Crippen LogP contribution in [0, 0.1) is 5.41 Å². The highest BCUT2D eigenvalue weighted by Crippen LogP contribution is 2.35. The Balaban J connectivity index is 2.06. The second kappa shape index (κ2) is 4.41. The smallest absolute Gasteiger partial charge is 0.229 e. The van der Waals surface area contributed by atoms with Gasteiger partial charge in [-0.15, -0.1) is 0 Å². The third-order valence-corrected chi connectivity index (χ3v) is 3.83. The lowest BCUT2D eigenvalue weighted by molar-refractivity contribution is -0.156. The number of carbonyl (C=O) groups is 2. The first-order valence-electron chi connectivity index (χ1n) is 6.42. The minimum atomic E-state index is -0.252. The highest BCUT2D eigenvalue weighted by Gasteiger charge is 2.41. The molecule has 2 amide bonds. The Morgan fingerprint density at radius 1 is 1.06 bits per heavy atom. The largest absolute Gasteiger partial charge is 0.393 e. The third kappa shape index (κ3) is 2.68. The number of aliphatic hydroxyl groups is 1. The Bertz CT molecular complexity index is 310. The van der Waals surface area contributed by atoms with E-state index in [1.165, 1.54) is 4.90 Å². The number of nitrogens with zero attached hydrogens (tertiary/aromatic N) is 1. The molecule has 1 N–H and O–H groups in total. The lowest BCUT2D eigenvalue weighted by atomic mass is 9.80. The van der Waals surface area contributed by atoms with Crippen LogP contribution in [0.3, 0.4) is 0 Å². The monoisotopic (exact) mass is 239 g/mol. The predicted octanol–water partition coefficient (Wildman–Crippen LogP) is 1.47. The normalized spacial score (nSPS) is 33.9. The number of rotatable bonds is 1. The number of aliphatic hydroxyl groups excluding tert-OH is 1. The van der Waals surface area contributed by atoms with Gasteiger partial charge in [-0.25, -0.2) is 0 Å². The molecule has 96 valence electrons. The average Bonchev–Trinajstić information content (AvgIpc) is 2.18. The molecule has 1 aliphatic heterocycles. The lowest BCUT2D eigenvalue weighted by Crippen LogP contribution is -2.52. The quantitative estimate of drug-likeness (QED) is 0.705. The summed E-state index contributed by atoms with van der Waals surface area (Å²) >= 11 is 0. The summed E-state index contributed by atoms with van der Waals surface area (Å²) < 4.78 is 0. The van der Waals surface area contributed by atoms with Gasteiger partial charge in [-0.1, -0.05) is 13.8 Å². The van der Waals surface area contributed by atoms with Gasteiger partial charge in [0.25, 0.3) is 0 Å². The molecule has 0 atom stereocenters. The maximum Gasteiger partial charge on any atom is 0.229 e. The minimum Gasteiger partial charge on any atom is -0.393 e. The Morgan fingerprint density at radius 3 is 2.00 bits per heavy atom. The third-order valence-electron chi connectivity index (χ3n) is 3.83. The van der Waals surface area contributed by atoms with E-state index in [1.807, 2.05) is 13.8 Å². The second-order valence-corrected chi connectivity index (χ2v) is 6.14. The van der Waals surface area contributed by atoms with Crippen molar-refractivity contribution in [1.29, 1.82) is 0 Å². The number of amides is 2. The summed E-state index contributed by atoms with van der Waals surface area (Å²) in [4.78, 5) is 25.6. The molecule has 1 saturated carbocycles. The van der Waals surface area contributed by atoms with E-state index in [-0.39, 0.29) is 29.4 Å². The Labute approximate surface area is 102 Å². The fourth-order valence-corrected chi connectivity index (χ4v) is 2.91. The van der Waals surface area contributed by atoms with Crippen molar-refractivity contribution < 1.29 is 14.7 Å². The molecule has 2 fully saturated rings. The van der Waals surface area contributed by atoms with Gasteiger partial charge in [0, 0.05) is 18.9 Å². The predicted molar refractivity (Wildman–Crippen MR) is 63.1 cm³/mol. The minimum absolute atomic E-state index is 0.0227. The molecular weight excluding hydrogens is 218 g/mol. The van der Waals surface area contributed by atoms with Crippen molar-refractivity contribution in [3.8, 4) is 0 Å². The lowest BCUT2D eigenvalue weighted by Gasteiger charge is -2.40. The Morgan fingerprint density at radius 2 is 1.53 bits per heavy atom. The number of carbonyl (C=O) groups excluding carboxylic acids is 2. The maximum atomic E-state index is 12.0. The van der Waals surface area contributed by atoms with Crippen LogP contribution in [0.15, 0.2) is 0 Å². The summed E-state index contributed by atoms with van der Waals surface area (Å²) in [6.45, 7) is 3.93. The van der Waals surface area contributed by atoms with Crippen molar-refractivity contribution in [1.82, 2.24) is 4.90 Å². The first kappa shape index (κ1) is 12.6. The molecule has 0 radical (unpaired) electrons. The van der Waals surface area contributed by atoms with Crippen molar-refractivity contribution in [2.75, 3.05) is 0 Å². The van der Waals surface area contributed by atoms with Gasteiger partial charge in [0.1, 0.15) is 0 Å². The van der Waals surface area contributed by atoms with Gasteiger partial charge in [-0.2, -0.15) is 0 Å². The van der Waals surface area contributed by atoms with Gasteiger partial charge in [-0.05, 0) is 31.1 Å². The molecule has 0 bridgehead atoms. The van der Waals surface area contributed by atoms with E-state index in [2.05, 4.69) is 0 Å². The van der Waals surface area contributed by atoms with E-state index in [9.17, 15) is 14.7 Å². The summed E-state index contributed by atoms with van der Waals surface area (Å²) in [5.41, 5.74) is -0.196. The molecule has 0 unspecified atom stereocenters. The Kier molecular flexibility index (Phi) is 3.25. The summed E-state index contributed by atoms with van der Waals surface area (Å²) in [5.74, 6) is -0.0692. The molecule has 0 aromatic carbocycles. The number of likely N-dealkylation sites (tertiary alicyclic amines) is 1. The SMILES string of the molecule is CC1(C)CC(=O)N(C2CCC(O)CC2)C(=O)C1. The van der Waals surface area contributed by atoms with E-state index in [4.69, 9.17) is 0 Å². The van der Waals surface area contributed by atoms with Gasteiger partial charge in [0.05, 0.1) is 6.10 Å². The van der Waals surface area contributed by atoms with Crippen molar-refractivity contribution in [2.24, 2.45) is 5.41 Å². The number of hydrogen-bond donors (Lipinski definition) is 1. The molecule has 0 aromatic heterocycles. The summed E-state index contributed by atoms with van der Waals surface area (Å²) in [5, 5.41) is 9.45. The highest BCUT2D eigenvalue weighted by atomic mass is 16.3. The van der Waals surface area contributed by atoms with Gasteiger partial charge in [0.15, 0.2) is 0 Å². The first-order valence-corrected chi connectivity index (χ1v) is 6.42. The van der Waals surface area contributed by atoms with E-state index in [0.717, 1.165) is 12.8 Å². The molecule has 4 heteroatoms. The standard InChI is InChI=1S/C13H21NO3/c1-13(2)7-11(16)14(12(17)8-13)9-3-5-10(15)6-4-9/h9-10,15H,3-8H2,1-2H3. The van der Waals surface area contributed by atoms with E-state index < -0.39 is 0 Å². The molecule has 1 heterocycles. The van der Waals surface area contributed by atoms with Crippen LogP contribution >= 0.6 is 0 Å². The van der Waals surface area contributed by atoms with Crippen molar-refractivity contribution >= 4 is 11.8 Å². The van der Waals surface area contributed by atoms with Crippen LogP contribution < -0.4 is 0 Å². The fourth-order valence-electron chi connectivity index (χ4n) is 2.91. The molecule has 2 rings (SSSR count). The van der Waals surface area contributed by atoms with Crippen molar-refractivity contribution in [3.05, 3.63) is 0 Å². The zero-order valence-electron chi connectivity index (χ0n) is 10.6. The molecular formula is C13H21NO3. The van der Waals surface area contributed by atoms with Crippen LogP contribution in [-0.2, 0) is 9.59 Å². The van der Waals surface area contributed by atoms with Gasteiger partial charge in [-0.3, -0.25) is 14.5 Å².